The molecule has 8 heteroatoms. The Kier molecular flexibility index (Phi) is 7.68. The van der Waals surface area contributed by atoms with Crippen molar-refractivity contribution in [1.29, 1.82) is 0 Å². The first-order valence-corrected chi connectivity index (χ1v) is 11.3. The van der Waals surface area contributed by atoms with Crippen molar-refractivity contribution in [3.63, 3.8) is 0 Å². The maximum Gasteiger partial charge on any atom is 0.251 e. The molecular formula is C22H29N5O2S. The summed E-state index contributed by atoms with van der Waals surface area (Å²) in [5.41, 5.74) is 1.70. The topological polar surface area (TPSA) is 88.9 Å². The number of allylic oxidation sites excluding steroid dienone is 1. The number of amides is 2. The summed E-state index contributed by atoms with van der Waals surface area (Å²) in [5.74, 6) is 0.771. The van der Waals surface area contributed by atoms with E-state index in [9.17, 15) is 9.59 Å². The van der Waals surface area contributed by atoms with Crippen molar-refractivity contribution in [3.05, 3.63) is 53.9 Å². The molecule has 1 fully saturated rings. The second-order valence-corrected chi connectivity index (χ2v) is 8.58. The Morgan fingerprint density at radius 2 is 1.97 bits per heavy atom. The lowest BCUT2D eigenvalue weighted by Gasteiger charge is -2.15. The number of thioether (sulfide) groups is 1. The Bertz CT molecular complexity index is 887. The normalized spacial score (nSPS) is 15.0. The minimum absolute atomic E-state index is 0.0160. The average Bonchev–Trinajstić information content (AvgIpc) is 3.37. The average molecular weight is 428 g/mol. The third-order valence-electron chi connectivity index (χ3n) is 5.16. The third kappa shape index (κ3) is 5.72. The largest absolute Gasteiger partial charge is 0.353 e. The number of nitrogens with zero attached hydrogens (tertiary/aromatic N) is 3. The Balaban J connectivity index is 1.63. The molecule has 1 aliphatic rings. The lowest BCUT2D eigenvalue weighted by molar-refractivity contribution is -0.119. The molecule has 1 aromatic carbocycles. The maximum absolute atomic E-state index is 12.5. The van der Waals surface area contributed by atoms with Gasteiger partial charge in [-0.25, -0.2) is 0 Å². The van der Waals surface area contributed by atoms with E-state index in [2.05, 4.69) is 27.4 Å². The molecule has 2 N–H and O–H groups in total. The predicted molar refractivity (Wildman–Crippen MR) is 118 cm³/mol. The number of carbonyl (C=O) groups excluding carboxylic acids is 2. The quantitative estimate of drug-likeness (QED) is 0.473. The molecule has 3 rings (SSSR count). The van der Waals surface area contributed by atoms with E-state index in [1.54, 1.807) is 18.2 Å². The molecule has 7 nitrogen and oxygen atoms in total. The van der Waals surface area contributed by atoms with Crippen molar-refractivity contribution in [1.82, 2.24) is 25.4 Å². The van der Waals surface area contributed by atoms with Gasteiger partial charge in [-0.05, 0) is 38.8 Å². The number of benzene rings is 1. The summed E-state index contributed by atoms with van der Waals surface area (Å²) in [7, 11) is 0. The van der Waals surface area contributed by atoms with Gasteiger partial charge in [0.15, 0.2) is 11.0 Å². The van der Waals surface area contributed by atoms with Crippen LogP contribution in [0.3, 0.4) is 0 Å². The minimum Gasteiger partial charge on any atom is -0.353 e. The van der Waals surface area contributed by atoms with Crippen molar-refractivity contribution in [2.24, 2.45) is 0 Å². The summed E-state index contributed by atoms with van der Waals surface area (Å²) < 4.78 is 1.89. The lowest BCUT2D eigenvalue weighted by atomic mass is 10.1. The minimum atomic E-state index is -0.340. The number of aryl methyl sites for hydroxylation is 1. The smallest absolute Gasteiger partial charge is 0.251 e. The molecule has 0 saturated heterocycles. The number of hydrogen-bond acceptors (Lipinski definition) is 5. The third-order valence-corrected chi connectivity index (χ3v) is 6.13. The number of hydrogen-bond donors (Lipinski definition) is 2. The summed E-state index contributed by atoms with van der Waals surface area (Å²) in [4.78, 5) is 24.8. The van der Waals surface area contributed by atoms with Gasteiger partial charge in [-0.2, -0.15) is 0 Å². The molecular weight excluding hydrogens is 398 g/mol. The fraction of sp³-hybridized carbons (Fsp3) is 0.455. The van der Waals surface area contributed by atoms with Gasteiger partial charge in [0.05, 0.1) is 11.8 Å². The highest BCUT2D eigenvalue weighted by Crippen LogP contribution is 2.22. The Hall–Kier alpha value is -2.61. The van der Waals surface area contributed by atoms with Crippen molar-refractivity contribution < 1.29 is 9.59 Å². The molecule has 30 heavy (non-hydrogen) atoms. The summed E-state index contributed by atoms with van der Waals surface area (Å²) in [6.45, 7) is 8.16. The van der Waals surface area contributed by atoms with Crippen LogP contribution in [0.25, 0.3) is 0 Å². The van der Waals surface area contributed by atoms with Crippen LogP contribution in [0.5, 0.6) is 0 Å². The highest BCUT2D eigenvalue weighted by molar-refractivity contribution is 7.99. The van der Waals surface area contributed by atoms with E-state index in [1.165, 1.54) is 24.6 Å². The molecule has 2 aromatic rings. The van der Waals surface area contributed by atoms with Crippen LogP contribution in [-0.2, 0) is 11.3 Å². The maximum atomic E-state index is 12.5. The van der Waals surface area contributed by atoms with Crippen LogP contribution < -0.4 is 10.6 Å². The van der Waals surface area contributed by atoms with E-state index in [1.807, 2.05) is 30.5 Å². The van der Waals surface area contributed by atoms with Gasteiger partial charge in [0.25, 0.3) is 5.91 Å². The predicted octanol–water partition coefficient (Wildman–Crippen LogP) is 3.41. The molecule has 0 bridgehead atoms. The lowest BCUT2D eigenvalue weighted by Crippen LogP contribution is -2.33. The molecule has 1 saturated carbocycles. The zero-order valence-corrected chi connectivity index (χ0v) is 18.4. The Morgan fingerprint density at radius 1 is 1.27 bits per heavy atom. The van der Waals surface area contributed by atoms with Crippen LogP contribution in [0.4, 0.5) is 0 Å². The zero-order chi connectivity index (χ0) is 21.5. The van der Waals surface area contributed by atoms with Gasteiger partial charge >= 0.3 is 0 Å². The molecule has 160 valence electrons. The Morgan fingerprint density at radius 3 is 2.63 bits per heavy atom. The fourth-order valence-corrected chi connectivity index (χ4v) is 4.31. The first-order valence-electron chi connectivity index (χ1n) is 10.3. The van der Waals surface area contributed by atoms with Crippen LogP contribution in [0, 0.1) is 6.92 Å². The zero-order valence-electron chi connectivity index (χ0n) is 17.6. The molecule has 1 aliphatic carbocycles. The molecule has 0 aliphatic heterocycles. The van der Waals surface area contributed by atoms with Crippen LogP contribution in [0.1, 0.15) is 60.4 Å². The second kappa shape index (κ2) is 10.4. The van der Waals surface area contributed by atoms with Gasteiger partial charge in [-0.1, -0.05) is 48.4 Å². The van der Waals surface area contributed by atoms with Crippen LogP contribution in [0.15, 0.2) is 42.1 Å². The summed E-state index contributed by atoms with van der Waals surface area (Å²) in [6.07, 6.45) is 6.24. The van der Waals surface area contributed by atoms with Gasteiger partial charge in [-0.3, -0.25) is 9.59 Å². The number of aromatic nitrogens is 3. The first-order chi connectivity index (χ1) is 14.5. The highest BCUT2D eigenvalue weighted by Gasteiger charge is 2.21. The van der Waals surface area contributed by atoms with E-state index in [4.69, 9.17) is 0 Å². The number of nitrogens with one attached hydrogen (secondary N) is 2. The summed E-state index contributed by atoms with van der Waals surface area (Å²) in [6, 6.07) is 7.38. The molecule has 0 spiro atoms. The molecule has 0 unspecified atom stereocenters. The number of carbonyl (C=O) groups is 2. The standard InChI is InChI=1S/C22H29N5O2S/c1-4-13-27-20(16(3)23-21(29)17-11-9-15(2)10-12-17)25-26-22(27)30-14-19(28)24-18-7-5-6-8-18/h4,9-12,16,18H,1,5-8,13-14H2,2-3H3,(H,23,29)(H,24,28)/t16-/m1/s1. The van der Waals surface area contributed by atoms with Crippen molar-refractivity contribution in [2.45, 2.75) is 63.3 Å². The van der Waals surface area contributed by atoms with Gasteiger partial charge < -0.3 is 15.2 Å². The summed E-state index contributed by atoms with van der Waals surface area (Å²) >= 11 is 1.35. The van der Waals surface area contributed by atoms with Crippen molar-refractivity contribution in [3.8, 4) is 0 Å². The van der Waals surface area contributed by atoms with Gasteiger partial charge in [0, 0.05) is 18.2 Å². The number of rotatable bonds is 9. The first kappa shape index (κ1) is 22.1. The SMILES string of the molecule is C=CCn1c(SCC(=O)NC2CCCC2)nnc1[C@@H](C)NC(=O)c1ccc(C)cc1. The molecule has 0 radical (unpaired) electrons. The van der Waals surface area contributed by atoms with E-state index in [0.717, 1.165) is 18.4 Å². The van der Waals surface area contributed by atoms with Gasteiger partial charge in [-0.15, -0.1) is 16.8 Å². The van der Waals surface area contributed by atoms with Gasteiger partial charge in [0.1, 0.15) is 0 Å². The molecule has 1 atom stereocenters. The highest BCUT2D eigenvalue weighted by atomic mass is 32.2. The van der Waals surface area contributed by atoms with Gasteiger partial charge in [0.2, 0.25) is 5.91 Å². The van der Waals surface area contributed by atoms with Crippen LogP contribution in [0.2, 0.25) is 0 Å². The van der Waals surface area contributed by atoms with E-state index in [-0.39, 0.29) is 23.6 Å². The van der Waals surface area contributed by atoms with E-state index < -0.39 is 0 Å². The fourth-order valence-electron chi connectivity index (χ4n) is 3.55. The van der Waals surface area contributed by atoms with Crippen LogP contribution >= 0.6 is 11.8 Å². The Labute approximate surface area is 181 Å². The molecule has 2 amide bonds. The second-order valence-electron chi connectivity index (χ2n) is 7.64. The van der Waals surface area contributed by atoms with E-state index in [0.29, 0.717) is 29.1 Å². The van der Waals surface area contributed by atoms with Crippen molar-refractivity contribution >= 4 is 23.6 Å². The molecule has 1 heterocycles. The molecule has 1 aromatic heterocycles. The van der Waals surface area contributed by atoms with E-state index >= 15 is 0 Å². The summed E-state index contributed by atoms with van der Waals surface area (Å²) in [5, 5.41) is 15.2. The van der Waals surface area contributed by atoms with Crippen LogP contribution in [-0.4, -0.2) is 38.4 Å². The monoisotopic (exact) mass is 427 g/mol. The van der Waals surface area contributed by atoms with Crippen molar-refractivity contribution in [2.75, 3.05) is 5.75 Å².